The van der Waals surface area contributed by atoms with Crippen LogP contribution in [0.15, 0.2) is 24.3 Å². The van der Waals surface area contributed by atoms with Crippen LogP contribution in [-0.2, 0) is 9.59 Å². The molecule has 18 heavy (non-hydrogen) atoms. The molecule has 0 fully saturated rings. The Hall–Kier alpha value is -2.08. The summed E-state index contributed by atoms with van der Waals surface area (Å²) in [6.45, 7) is 1.19. The van der Waals surface area contributed by atoms with Crippen LogP contribution in [0.2, 0.25) is 0 Å². The molecule has 98 valence electrons. The molecule has 2 atom stereocenters. The number of aliphatic hydroxyl groups is 1. The van der Waals surface area contributed by atoms with Gasteiger partial charge in [-0.1, -0.05) is 12.1 Å². The second kappa shape index (κ2) is 6.02. The zero-order valence-electron chi connectivity index (χ0n) is 10.1. The number of aliphatic carboxylic acids is 1. The summed E-state index contributed by atoms with van der Waals surface area (Å²) in [5.41, 5.74) is 0.386. The van der Waals surface area contributed by atoms with Gasteiger partial charge in [-0.05, 0) is 17.7 Å². The fourth-order valence-electron chi connectivity index (χ4n) is 1.49. The van der Waals surface area contributed by atoms with Gasteiger partial charge in [-0.15, -0.1) is 0 Å². The van der Waals surface area contributed by atoms with Crippen LogP contribution in [0.5, 0.6) is 5.75 Å². The van der Waals surface area contributed by atoms with Crippen molar-refractivity contribution in [2.45, 2.75) is 19.1 Å². The van der Waals surface area contributed by atoms with E-state index in [2.05, 4.69) is 5.32 Å². The Bertz CT molecular complexity index is 429. The summed E-state index contributed by atoms with van der Waals surface area (Å²) in [6, 6.07) is 4.91. The third-order valence-corrected chi connectivity index (χ3v) is 2.40. The van der Waals surface area contributed by atoms with Crippen LogP contribution < -0.4 is 10.1 Å². The summed E-state index contributed by atoms with van der Waals surface area (Å²) in [4.78, 5) is 21.9. The molecule has 0 bridgehead atoms. The minimum absolute atomic E-state index is 0.386. The monoisotopic (exact) mass is 253 g/mol. The van der Waals surface area contributed by atoms with Crippen molar-refractivity contribution in [1.29, 1.82) is 0 Å². The summed E-state index contributed by atoms with van der Waals surface area (Å²) in [5, 5.41) is 21.1. The first-order chi connectivity index (χ1) is 8.45. The van der Waals surface area contributed by atoms with E-state index in [0.29, 0.717) is 11.3 Å². The number of rotatable bonds is 5. The van der Waals surface area contributed by atoms with Crippen LogP contribution in [0, 0.1) is 0 Å². The molecule has 0 radical (unpaired) electrons. The van der Waals surface area contributed by atoms with E-state index in [1.807, 2.05) is 0 Å². The quantitative estimate of drug-likeness (QED) is 0.702. The smallest absolute Gasteiger partial charge is 0.329 e. The number of ether oxygens (including phenoxy) is 1. The molecule has 6 nitrogen and oxygen atoms in total. The van der Waals surface area contributed by atoms with Gasteiger partial charge in [0.15, 0.2) is 6.04 Å². The Balaban J connectivity index is 2.90. The highest BCUT2D eigenvalue weighted by Gasteiger charge is 2.28. The second-order valence-electron chi connectivity index (χ2n) is 3.73. The highest BCUT2D eigenvalue weighted by molar-refractivity contribution is 5.82. The predicted molar refractivity (Wildman–Crippen MR) is 63.2 cm³/mol. The molecule has 6 heteroatoms. The Labute approximate surface area is 104 Å². The molecule has 1 rings (SSSR count). The molecule has 1 aromatic carbocycles. The van der Waals surface area contributed by atoms with Crippen LogP contribution >= 0.6 is 0 Å². The number of carbonyl (C=O) groups is 2. The maximum absolute atomic E-state index is 11.0. The Morgan fingerprint density at radius 1 is 1.28 bits per heavy atom. The summed E-state index contributed by atoms with van der Waals surface area (Å²) in [7, 11) is 1.50. The molecule has 0 aromatic heterocycles. The molecule has 3 N–H and O–H groups in total. The molecule has 0 unspecified atom stereocenters. The summed E-state index contributed by atoms with van der Waals surface area (Å²) in [6.07, 6.45) is -1.32. The predicted octanol–water partition coefficient (Wildman–Crippen LogP) is 0.318. The van der Waals surface area contributed by atoms with Crippen molar-refractivity contribution < 1.29 is 24.5 Å². The van der Waals surface area contributed by atoms with E-state index >= 15 is 0 Å². The normalized spacial score (nSPS) is 13.5. The van der Waals surface area contributed by atoms with Crippen molar-refractivity contribution in [2.24, 2.45) is 0 Å². The molecule has 0 aliphatic heterocycles. The van der Waals surface area contributed by atoms with Gasteiger partial charge in [-0.3, -0.25) is 4.79 Å². The average molecular weight is 253 g/mol. The first-order valence-corrected chi connectivity index (χ1v) is 5.27. The first-order valence-electron chi connectivity index (χ1n) is 5.27. The van der Waals surface area contributed by atoms with Crippen LogP contribution in [0.25, 0.3) is 0 Å². The van der Waals surface area contributed by atoms with E-state index in [9.17, 15) is 14.7 Å². The number of hydrogen-bond donors (Lipinski definition) is 3. The van der Waals surface area contributed by atoms with Crippen LogP contribution in [0.4, 0.5) is 0 Å². The molecule has 0 saturated carbocycles. The van der Waals surface area contributed by atoms with E-state index in [4.69, 9.17) is 9.84 Å². The van der Waals surface area contributed by atoms with E-state index in [-0.39, 0.29) is 0 Å². The lowest BCUT2D eigenvalue weighted by Gasteiger charge is -2.20. The summed E-state index contributed by atoms with van der Waals surface area (Å²) in [5.74, 6) is -1.22. The molecule has 1 amide bonds. The fraction of sp³-hybridized carbons (Fsp3) is 0.333. The number of hydrogen-bond acceptors (Lipinski definition) is 4. The summed E-state index contributed by atoms with van der Waals surface area (Å²) < 4.78 is 4.95. The molecule has 0 spiro atoms. The maximum Gasteiger partial charge on any atom is 0.329 e. The van der Waals surface area contributed by atoms with E-state index in [0.717, 1.165) is 0 Å². The molecular formula is C12H15NO5. The zero-order chi connectivity index (χ0) is 13.7. The second-order valence-corrected chi connectivity index (χ2v) is 3.73. The van der Waals surface area contributed by atoms with Crippen molar-refractivity contribution >= 4 is 11.9 Å². The first kappa shape index (κ1) is 14.0. The number of methoxy groups -OCH3 is 1. The fourth-order valence-corrected chi connectivity index (χ4v) is 1.49. The number of nitrogens with one attached hydrogen (secondary N) is 1. The molecule has 0 aliphatic rings. The number of carbonyl (C=O) groups excluding carboxylic acids is 1. The SMILES string of the molecule is COc1ccc([C@H](O)[C@H](NC(C)=O)C(=O)O)cc1. The number of amides is 1. The topological polar surface area (TPSA) is 95.9 Å². The van der Waals surface area contributed by atoms with Gasteiger partial charge < -0.3 is 20.3 Å². The van der Waals surface area contributed by atoms with E-state index in [1.54, 1.807) is 24.3 Å². The van der Waals surface area contributed by atoms with Gasteiger partial charge in [-0.25, -0.2) is 4.79 Å². The number of carboxylic acids is 1. The third kappa shape index (κ3) is 3.46. The average Bonchev–Trinajstić information content (AvgIpc) is 2.34. The van der Waals surface area contributed by atoms with Gasteiger partial charge >= 0.3 is 5.97 Å². The molecule has 0 heterocycles. The Morgan fingerprint density at radius 3 is 2.22 bits per heavy atom. The molecule has 0 saturated heterocycles. The van der Waals surface area contributed by atoms with Crippen molar-refractivity contribution in [3.63, 3.8) is 0 Å². The van der Waals surface area contributed by atoms with E-state index < -0.39 is 24.0 Å². The maximum atomic E-state index is 11.0. The molecule has 0 aliphatic carbocycles. The lowest BCUT2D eigenvalue weighted by atomic mass is 10.0. The lowest BCUT2D eigenvalue weighted by molar-refractivity contribution is -0.145. The minimum Gasteiger partial charge on any atom is -0.497 e. The zero-order valence-corrected chi connectivity index (χ0v) is 10.1. The number of carboxylic acid groups (broad SMARTS) is 1. The van der Waals surface area contributed by atoms with Gasteiger partial charge in [0.1, 0.15) is 11.9 Å². The Morgan fingerprint density at radius 2 is 1.83 bits per heavy atom. The van der Waals surface area contributed by atoms with Crippen molar-refractivity contribution in [2.75, 3.05) is 7.11 Å². The van der Waals surface area contributed by atoms with Crippen molar-refractivity contribution in [3.8, 4) is 5.75 Å². The number of benzene rings is 1. The van der Waals surface area contributed by atoms with Crippen LogP contribution in [-0.4, -0.2) is 35.2 Å². The third-order valence-electron chi connectivity index (χ3n) is 2.40. The van der Waals surface area contributed by atoms with Crippen molar-refractivity contribution in [3.05, 3.63) is 29.8 Å². The lowest BCUT2D eigenvalue weighted by Crippen LogP contribution is -2.44. The standard InChI is InChI=1S/C12H15NO5/c1-7(14)13-10(12(16)17)11(15)8-3-5-9(18-2)6-4-8/h3-6,10-11,15H,1-2H3,(H,13,14)(H,16,17)/t10-,11-/m0/s1. The number of aliphatic hydroxyl groups excluding tert-OH is 1. The van der Waals surface area contributed by atoms with Gasteiger partial charge in [0.25, 0.3) is 0 Å². The van der Waals surface area contributed by atoms with Gasteiger partial charge in [0.05, 0.1) is 7.11 Å². The highest BCUT2D eigenvalue weighted by atomic mass is 16.5. The van der Waals surface area contributed by atoms with Crippen LogP contribution in [0.1, 0.15) is 18.6 Å². The van der Waals surface area contributed by atoms with Crippen molar-refractivity contribution in [1.82, 2.24) is 5.32 Å². The summed E-state index contributed by atoms with van der Waals surface area (Å²) >= 11 is 0. The van der Waals surface area contributed by atoms with Gasteiger partial charge in [-0.2, -0.15) is 0 Å². The minimum atomic E-state index is -1.38. The largest absolute Gasteiger partial charge is 0.497 e. The highest BCUT2D eigenvalue weighted by Crippen LogP contribution is 2.20. The van der Waals surface area contributed by atoms with Crippen LogP contribution in [0.3, 0.4) is 0 Å². The van der Waals surface area contributed by atoms with Gasteiger partial charge in [0, 0.05) is 6.92 Å². The van der Waals surface area contributed by atoms with E-state index in [1.165, 1.54) is 14.0 Å². The molecule has 1 aromatic rings. The Kier molecular flexibility index (Phi) is 4.67. The van der Waals surface area contributed by atoms with Gasteiger partial charge in [0.2, 0.25) is 5.91 Å². The molecular weight excluding hydrogens is 238 g/mol.